The van der Waals surface area contributed by atoms with Gasteiger partial charge in [0.2, 0.25) is 0 Å². The average Bonchev–Trinajstić information content (AvgIpc) is 2.63. The highest BCUT2D eigenvalue weighted by Crippen LogP contribution is 2.34. The summed E-state index contributed by atoms with van der Waals surface area (Å²) < 4.78 is 28.6. The van der Waals surface area contributed by atoms with Crippen LogP contribution in [0.2, 0.25) is 0 Å². The standard InChI is InChI=1S/C13H10Br2N2O2S2/c1-7-8(2)20-13(10(7)6-16)17-21(18,19)12-4-3-9(14)5-11(12)15/h3-5,17H,1-2H3. The van der Waals surface area contributed by atoms with Crippen molar-refractivity contribution in [3.63, 3.8) is 0 Å². The lowest BCUT2D eigenvalue weighted by Gasteiger charge is -2.08. The fourth-order valence-electron chi connectivity index (χ4n) is 1.70. The van der Waals surface area contributed by atoms with Crippen molar-refractivity contribution in [2.24, 2.45) is 0 Å². The lowest BCUT2D eigenvalue weighted by Crippen LogP contribution is -2.13. The van der Waals surface area contributed by atoms with Crippen molar-refractivity contribution in [2.75, 3.05) is 4.72 Å². The molecule has 1 aromatic carbocycles. The van der Waals surface area contributed by atoms with Crippen LogP contribution < -0.4 is 4.72 Å². The number of benzene rings is 1. The molecule has 21 heavy (non-hydrogen) atoms. The molecule has 0 fully saturated rings. The molecule has 1 aromatic heterocycles. The van der Waals surface area contributed by atoms with Gasteiger partial charge < -0.3 is 0 Å². The molecule has 0 bridgehead atoms. The number of anilines is 1. The van der Waals surface area contributed by atoms with Crippen LogP contribution in [0.4, 0.5) is 5.00 Å². The van der Waals surface area contributed by atoms with E-state index in [1.807, 2.05) is 13.0 Å². The Morgan fingerprint density at radius 3 is 2.52 bits per heavy atom. The van der Waals surface area contributed by atoms with Crippen LogP contribution in [0.5, 0.6) is 0 Å². The van der Waals surface area contributed by atoms with E-state index < -0.39 is 10.0 Å². The molecule has 0 aliphatic heterocycles. The van der Waals surface area contributed by atoms with Gasteiger partial charge in [0.25, 0.3) is 10.0 Å². The van der Waals surface area contributed by atoms with E-state index in [0.717, 1.165) is 14.9 Å². The number of rotatable bonds is 3. The van der Waals surface area contributed by atoms with Crippen LogP contribution in [-0.2, 0) is 10.0 Å². The number of sulfonamides is 1. The summed E-state index contributed by atoms with van der Waals surface area (Å²) in [4.78, 5) is 1.04. The van der Waals surface area contributed by atoms with Crippen molar-refractivity contribution in [1.29, 1.82) is 5.26 Å². The van der Waals surface area contributed by atoms with Gasteiger partial charge in [0.15, 0.2) is 0 Å². The SMILES string of the molecule is Cc1sc(NS(=O)(=O)c2ccc(Br)cc2Br)c(C#N)c1C. The van der Waals surface area contributed by atoms with E-state index >= 15 is 0 Å². The highest BCUT2D eigenvalue weighted by Gasteiger charge is 2.22. The minimum absolute atomic E-state index is 0.123. The van der Waals surface area contributed by atoms with Gasteiger partial charge in [-0.25, -0.2) is 8.42 Å². The molecule has 2 rings (SSSR count). The van der Waals surface area contributed by atoms with Crippen molar-refractivity contribution >= 4 is 58.2 Å². The molecule has 1 N–H and O–H groups in total. The minimum Gasteiger partial charge on any atom is -0.269 e. The summed E-state index contributed by atoms with van der Waals surface area (Å²) in [6.07, 6.45) is 0. The molecule has 0 unspecified atom stereocenters. The predicted molar refractivity (Wildman–Crippen MR) is 91.2 cm³/mol. The normalized spacial score (nSPS) is 11.2. The third kappa shape index (κ3) is 3.31. The molecule has 0 aliphatic rings. The molecule has 0 radical (unpaired) electrons. The van der Waals surface area contributed by atoms with Crippen LogP contribution in [0, 0.1) is 25.2 Å². The number of nitrogens with one attached hydrogen (secondary N) is 1. The molecule has 110 valence electrons. The number of nitriles is 1. The van der Waals surface area contributed by atoms with E-state index in [0.29, 0.717) is 15.0 Å². The molecule has 2 aromatic rings. The van der Waals surface area contributed by atoms with Gasteiger partial charge in [0.05, 0.1) is 5.56 Å². The van der Waals surface area contributed by atoms with Gasteiger partial charge in [-0.2, -0.15) is 5.26 Å². The lowest BCUT2D eigenvalue weighted by molar-refractivity contribution is 0.601. The molecule has 0 saturated heterocycles. The van der Waals surface area contributed by atoms with Gasteiger partial charge in [-0.05, 0) is 53.5 Å². The number of aryl methyl sites for hydroxylation is 1. The van der Waals surface area contributed by atoms with Gasteiger partial charge in [-0.15, -0.1) is 11.3 Å². The van der Waals surface area contributed by atoms with Gasteiger partial charge >= 0.3 is 0 Å². The van der Waals surface area contributed by atoms with Gasteiger partial charge in [0.1, 0.15) is 16.0 Å². The molecule has 0 saturated carbocycles. The summed E-state index contributed by atoms with van der Waals surface area (Å²) in [5.41, 5.74) is 1.17. The highest BCUT2D eigenvalue weighted by atomic mass is 79.9. The number of halogens is 2. The summed E-state index contributed by atoms with van der Waals surface area (Å²) >= 11 is 7.78. The zero-order valence-electron chi connectivity index (χ0n) is 11.1. The highest BCUT2D eigenvalue weighted by molar-refractivity contribution is 9.11. The van der Waals surface area contributed by atoms with Crippen molar-refractivity contribution in [3.05, 3.63) is 43.1 Å². The topological polar surface area (TPSA) is 70.0 Å². The van der Waals surface area contributed by atoms with Crippen LogP contribution in [0.15, 0.2) is 32.0 Å². The van der Waals surface area contributed by atoms with Gasteiger partial charge in [-0.3, -0.25) is 4.72 Å². The maximum Gasteiger partial charge on any atom is 0.263 e. The molecule has 0 aliphatic carbocycles. The fraction of sp³-hybridized carbons (Fsp3) is 0.154. The second-order valence-corrected chi connectivity index (χ2v) is 8.92. The zero-order valence-corrected chi connectivity index (χ0v) is 15.9. The summed E-state index contributed by atoms with van der Waals surface area (Å²) in [5.74, 6) is 0. The average molecular weight is 450 g/mol. The maximum absolute atomic E-state index is 12.5. The monoisotopic (exact) mass is 448 g/mol. The van der Waals surface area contributed by atoms with E-state index in [1.54, 1.807) is 19.1 Å². The molecule has 8 heteroatoms. The van der Waals surface area contributed by atoms with E-state index in [1.165, 1.54) is 17.4 Å². The molecule has 0 atom stereocenters. The first-order chi connectivity index (χ1) is 9.76. The number of nitrogens with zero attached hydrogens (tertiary/aromatic N) is 1. The number of thiophene rings is 1. The summed E-state index contributed by atoms with van der Waals surface area (Å²) in [5, 5.41) is 9.53. The second kappa shape index (κ2) is 6.08. The maximum atomic E-state index is 12.5. The Balaban J connectivity index is 2.48. The molecular weight excluding hydrogens is 440 g/mol. The first-order valence-electron chi connectivity index (χ1n) is 5.74. The van der Waals surface area contributed by atoms with Crippen LogP contribution in [0.1, 0.15) is 16.0 Å². The van der Waals surface area contributed by atoms with Crippen molar-refractivity contribution in [1.82, 2.24) is 0 Å². The van der Waals surface area contributed by atoms with Crippen LogP contribution in [0.3, 0.4) is 0 Å². The smallest absolute Gasteiger partial charge is 0.263 e. The molecule has 1 heterocycles. The number of hydrogen-bond acceptors (Lipinski definition) is 4. The van der Waals surface area contributed by atoms with Crippen LogP contribution in [0.25, 0.3) is 0 Å². The Hall–Kier alpha value is -0.880. The molecule has 4 nitrogen and oxygen atoms in total. The molecule has 0 amide bonds. The van der Waals surface area contributed by atoms with Crippen molar-refractivity contribution in [3.8, 4) is 6.07 Å². The van der Waals surface area contributed by atoms with E-state index in [-0.39, 0.29) is 4.90 Å². The third-order valence-electron chi connectivity index (χ3n) is 2.91. The largest absolute Gasteiger partial charge is 0.269 e. The first-order valence-corrected chi connectivity index (χ1v) is 9.63. The number of hydrogen-bond donors (Lipinski definition) is 1. The molecule has 0 spiro atoms. The summed E-state index contributed by atoms with van der Waals surface area (Å²) in [6.45, 7) is 3.66. The van der Waals surface area contributed by atoms with E-state index in [9.17, 15) is 13.7 Å². The van der Waals surface area contributed by atoms with E-state index in [4.69, 9.17) is 0 Å². The van der Waals surface area contributed by atoms with Crippen molar-refractivity contribution < 1.29 is 8.42 Å². The Morgan fingerprint density at radius 2 is 1.95 bits per heavy atom. The predicted octanol–water partition coefficient (Wildman–Crippen LogP) is 4.56. The van der Waals surface area contributed by atoms with Gasteiger partial charge in [-0.1, -0.05) is 15.9 Å². The second-order valence-electron chi connectivity index (χ2n) is 4.28. The lowest BCUT2D eigenvalue weighted by atomic mass is 10.2. The van der Waals surface area contributed by atoms with Gasteiger partial charge in [0, 0.05) is 13.8 Å². The fourth-order valence-corrected chi connectivity index (χ4v) is 5.77. The van der Waals surface area contributed by atoms with Crippen molar-refractivity contribution in [2.45, 2.75) is 18.7 Å². The Bertz CT molecular complexity index is 852. The third-order valence-corrected chi connectivity index (χ3v) is 6.98. The van der Waals surface area contributed by atoms with E-state index in [2.05, 4.69) is 36.6 Å². The molecular formula is C13H10Br2N2O2S2. The van der Waals surface area contributed by atoms with Crippen LogP contribution in [-0.4, -0.2) is 8.42 Å². The quantitative estimate of drug-likeness (QED) is 0.746. The summed E-state index contributed by atoms with van der Waals surface area (Å²) in [6, 6.07) is 6.85. The zero-order chi connectivity index (χ0) is 15.8. The Kier molecular flexibility index (Phi) is 4.78. The Labute approximate surface area is 144 Å². The summed E-state index contributed by atoms with van der Waals surface area (Å²) in [7, 11) is -3.76. The minimum atomic E-state index is -3.76. The Morgan fingerprint density at radius 1 is 1.29 bits per heavy atom. The first kappa shape index (κ1) is 16.5. The van der Waals surface area contributed by atoms with Crippen LogP contribution >= 0.6 is 43.2 Å².